The standard InChI is InChI=1S/C23H43NO6/c1-10-18-23(7,28)20(26)17(5)24(8)13-14(2)11-22(6,29-9)12-15(3)19(25)16(4)21(27)30-18/h14-18,20,26,28H,10-13H2,1-9H3/t14-,15-,16-,17-,18-,20-,22-,23-/m1/s1. The number of hydrogen-bond donors (Lipinski definition) is 2. The van der Waals surface area contributed by atoms with Gasteiger partial charge in [0, 0.05) is 25.6 Å². The number of nitrogens with zero attached hydrogens (tertiary/aromatic N) is 1. The van der Waals surface area contributed by atoms with Crippen molar-refractivity contribution in [1.29, 1.82) is 0 Å². The van der Waals surface area contributed by atoms with Crippen molar-refractivity contribution >= 4 is 11.8 Å². The Hall–Kier alpha value is -1.02. The predicted octanol–water partition coefficient (Wildman–Crippen LogP) is 2.42. The Morgan fingerprint density at radius 1 is 1.17 bits per heavy atom. The number of aliphatic hydroxyl groups is 2. The lowest BCUT2D eigenvalue weighted by Crippen LogP contribution is -2.59. The predicted molar refractivity (Wildman–Crippen MR) is 116 cm³/mol. The van der Waals surface area contributed by atoms with Gasteiger partial charge in [-0.15, -0.1) is 0 Å². The van der Waals surface area contributed by atoms with Crippen molar-refractivity contribution < 1.29 is 29.3 Å². The number of cyclic esters (lactones) is 1. The van der Waals surface area contributed by atoms with Gasteiger partial charge in [-0.1, -0.05) is 20.8 Å². The van der Waals surface area contributed by atoms with Gasteiger partial charge in [0.25, 0.3) is 0 Å². The average Bonchev–Trinajstić information content (AvgIpc) is 2.67. The lowest BCUT2D eigenvalue weighted by molar-refractivity contribution is -0.189. The first-order valence-electron chi connectivity index (χ1n) is 11.1. The summed E-state index contributed by atoms with van der Waals surface area (Å²) >= 11 is 0. The molecule has 0 spiro atoms. The van der Waals surface area contributed by atoms with E-state index < -0.39 is 35.3 Å². The summed E-state index contributed by atoms with van der Waals surface area (Å²) in [5.41, 5.74) is -2.17. The molecule has 0 aliphatic carbocycles. The van der Waals surface area contributed by atoms with Crippen LogP contribution in [0.15, 0.2) is 0 Å². The van der Waals surface area contributed by atoms with Crippen LogP contribution in [0.1, 0.15) is 67.7 Å². The lowest BCUT2D eigenvalue weighted by atomic mass is 9.81. The van der Waals surface area contributed by atoms with E-state index in [0.717, 1.165) is 6.42 Å². The molecular weight excluding hydrogens is 386 g/mol. The monoisotopic (exact) mass is 429 g/mol. The smallest absolute Gasteiger partial charge is 0.316 e. The van der Waals surface area contributed by atoms with E-state index >= 15 is 0 Å². The van der Waals surface area contributed by atoms with E-state index in [-0.39, 0.29) is 23.7 Å². The van der Waals surface area contributed by atoms with Gasteiger partial charge in [-0.25, -0.2) is 0 Å². The van der Waals surface area contributed by atoms with Gasteiger partial charge in [-0.2, -0.15) is 0 Å². The highest BCUT2D eigenvalue weighted by atomic mass is 16.6. The van der Waals surface area contributed by atoms with Gasteiger partial charge in [0.15, 0.2) is 0 Å². The second kappa shape index (κ2) is 10.5. The molecule has 7 heteroatoms. The minimum Gasteiger partial charge on any atom is -0.459 e. The maximum Gasteiger partial charge on any atom is 0.316 e. The number of ether oxygens (including phenoxy) is 2. The van der Waals surface area contributed by atoms with Gasteiger partial charge in [-0.3, -0.25) is 9.59 Å². The molecule has 176 valence electrons. The van der Waals surface area contributed by atoms with Crippen LogP contribution in [0.5, 0.6) is 0 Å². The number of carbonyl (C=O) groups excluding carboxylic acids is 2. The Morgan fingerprint density at radius 2 is 1.73 bits per heavy atom. The lowest BCUT2D eigenvalue weighted by Gasteiger charge is -2.42. The number of likely N-dealkylation sites (N-methyl/N-ethyl adjacent to an activating group) is 1. The number of methoxy groups -OCH3 is 1. The van der Waals surface area contributed by atoms with E-state index in [1.165, 1.54) is 6.92 Å². The third-order valence-corrected chi connectivity index (χ3v) is 6.91. The van der Waals surface area contributed by atoms with Crippen LogP contribution in [-0.2, 0) is 19.1 Å². The molecule has 1 rings (SSSR count). The van der Waals surface area contributed by atoms with Gasteiger partial charge in [-0.05, 0) is 59.9 Å². The van der Waals surface area contributed by atoms with Gasteiger partial charge in [0.1, 0.15) is 29.5 Å². The van der Waals surface area contributed by atoms with Crippen molar-refractivity contribution in [1.82, 2.24) is 4.90 Å². The van der Waals surface area contributed by atoms with Crippen LogP contribution in [0.4, 0.5) is 0 Å². The van der Waals surface area contributed by atoms with E-state index in [4.69, 9.17) is 9.47 Å². The normalized spacial score (nSPS) is 43.6. The molecule has 0 aromatic rings. The zero-order chi connectivity index (χ0) is 23.4. The number of carbonyl (C=O) groups is 2. The molecule has 1 heterocycles. The first-order chi connectivity index (χ1) is 13.7. The number of ketones is 1. The van der Waals surface area contributed by atoms with Crippen LogP contribution in [-0.4, -0.2) is 77.0 Å². The molecule has 1 saturated heterocycles. The highest BCUT2D eigenvalue weighted by Gasteiger charge is 2.45. The summed E-state index contributed by atoms with van der Waals surface area (Å²) in [5.74, 6) is -1.98. The molecule has 0 unspecified atom stereocenters. The van der Waals surface area contributed by atoms with Gasteiger partial charge in [0.05, 0.1) is 5.60 Å². The highest BCUT2D eigenvalue weighted by Crippen LogP contribution is 2.32. The van der Waals surface area contributed by atoms with Crippen LogP contribution >= 0.6 is 0 Å². The van der Waals surface area contributed by atoms with E-state index in [2.05, 4.69) is 6.92 Å². The molecule has 1 aliphatic heterocycles. The van der Waals surface area contributed by atoms with Crippen molar-refractivity contribution in [3.8, 4) is 0 Å². The van der Waals surface area contributed by atoms with E-state index in [9.17, 15) is 19.8 Å². The molecule has 0 amide bonds. The molecule has 8 atom stereocenters. The summed E-state index contributed by atoms with van der Waals surface area (Å²) in [5, 5.41) is 22.1. The summed E-state index contributed by atoms with van der Waals surface area (Å²) in [6, 6.07) is -0.368. The minimum atomic E-state index is -1.66. The number of aliphatic hydroxyl groups excluding tert-OH is 1. The molecule has 7 nitrogen and oxygen atoms in total. The molecular formula is C23H43NO6. The Kier molecular flexibility index (Phi) is 9.48. The molecule has 0 saturated carbocycles. The Balaban J connectivity index is 3.34. The van der Waals surface area contributed by atoms with Crippen molar-refractivity contribution in [3.63, 3.8) is 0 Å². The quantitative estimate of drug-likeness (QED) is 0.514. The minimum absolute atomic E-state index is 0.202. The Morgan fingerprint density at radius 3 is 2.23 bits per heavy atom. The Labute approximate surface area is 182 Å². The Bertz CT molecular complexity index is 594. The van der Waals surface area contributed by atoms with Gasteiger partial charge < -0.3 is 24.6 Å². The third kappa shape index (κ3) is 6.25. The number of esters is 1. The first-order valence-corrected chi connectivity index (χ1v) is 11.1. The molecule has 0 aromatic heterocycles. The molecule has 0 aromatic carbocycles. The molecule has 0 radical (unpaired) electrons. The SMILES string of the molecule is CC[C@H]1OC(=O)[C@H](C)C(=O)[C@H](C)C[C@](C)(OC)C[C@@H](C)CN(C)[C@H](C)[C@@H](O)[C@]1(C)O. The van der Waals surface area contributed by atoms with Crippen molar-refractivity contribution in [2.75, 3.05) is 20.7 Å². The maximum atomic E-state index is 12.9. The maximum absolute atomic E-state index is 12.9. The third-order valence-electron chi connectivity index (χ3n) is 6.91. The van der Waals surface area contributed by atoms with Crippen LogP contribution in [0.2, 0.25) is 0 Å². The van der Waals surface area contributed by atoms with Crippen molar-refractivity contribution in [3.05, 3.63) is 0 Å². The van der Waals surface area contributed by atoms with E-state index in [0.29, 0.717) is 19.4 Å². The summed E-state index contributed by atoms with van der Waals surface area (Å²) in [6.45, 7) is 13.3. The van der Waals surface area contributed by atoms with Gasteiger partial charge in [0.2, 0.25) is 0 Å². The van der Waals surface area contributed by atoms with Gasteiger partial charge >= 0.3 is 5.97 Å². The zero-order valence-corrected chi connectivity index (χ0v) is 20.3. The second-order valence-electron chi connectivity index (χ2n) is 9.88. The summed E-state index contributed by atoms with van der Waals surface area (Å²) in [7, 11) is 3.55. The fourth-order valence-corrected chi connectivity index (χ4v) is 4.78. The second-order valence-corrected chi connectivity index (χ2v) is 9.88. The van der Waals surface area contributed by atoms with Crippen LogP contribution in [0.3, 0.4) is 0 Å². The zero-order valence-electron chi connectivity index (χ0n) is 20.3. The molecule has 0 bridgehead atoms. The van der Waals surface area contributed by atoms with E-state index in [1.54, 1.807) is 21.0 Å². The molecule has 2 N–H and O–H groups in total. The first kappa shape index (κ1) is 27.0. The highest BCUT2D eigenvalue weighted by molar-refractivity contribution is 5.99. The van der Waals surface area contributed by atoms with Crippen molar-refractivity contribution in [2.24, 2.45) is 17.8 Å². The average molecular weight is 430 g/mol. The van der Waals surface area contributed by atoms with Crippen LogP contribution in [0.25, 0.3) is 0 Å². The fraction of sp³-hybridized carbons (Fsp3) is 0.913. The summed E-state index contributed by atoms with van der Waals surface area (Å²) in [4.78, 5) is 27.7. The molecule has 30 heavy (non-hydrogen) atoms. The fourth-order valence-electron chi connectivity index (χ4n) is 4.78. The van der Waals surface area contributed by atoms with Crippen LogP contribution in [0, 0.1) is 17.8 Å². The summed E-state index contributed by atoms with van der Waals surface area (Å²) < 4.78 is 11.3. The topological polar surface area (TPSA) is 96.3 Å². The number of hydrogen-bond acceptors (Lipinski definition) is 7. The number of Topliss-reactive ketones (excluding diaryl/α,β-unsaturated/α-hetero) is 1. The molecule has 1 aliphatic rings. The van der Waals surface area contributed by atoms with Crippen LogP contribution < -0.4 is 0 Å². The van der Waals surface area contributed by atoms with Crippen molar-refractivity contribution in [2.45, 2.75) is 97.2 Å². The summed E-state index contributed by atoms with van der Waals surface area (Å²) in [6.07, 6.45) is -0.521. The van der Waals surface area contributed by atoms with E-state index in [1.807, 2.05) is 32.7 Å². The number of rotatable bonds is 2. The molecule has 1 fully saturated rings. The largest absolute Gasteiger partial charge is 0.459 e.